The Morgan fingerprint density at radius 2 is 1.85 bits per heavy atom. The fourth-order valence-corrected chi connectivity index (χ4v) is 5.05. The van der Waals surface area contributed by atoms with Gasteiger partial charge < -0.3 is 5.32 Å². The highest BCUT2D eigenvalue weighted by molar-refractivity contribution is 7.92. The topological polar surface area (TPSA) is 46.2 Å². The molecule has 20 heavy (non-hydrogen) atoms. The Balaban J connectivity index is 3.18. The molecular weight excluding hydrogens is 294 g/mol. The Bertz CT molecular complexity index is 510. The number of halogens is 1. The van der Waals surface area contributed by atoms with Crippen LogP contribution in [0.1, 0.15) is 40.0 Å². The molecule has 114 valence electrons. The Kier molecular flexibility index (Phi) is 7.00. The van der Waals surface area contributed by atoms with Gasteiger partial charge in [-0.15, -0.1) is 0 Å². The third-order valence-electron chi connectivity index (χ3n) is 3.46. The van der Waals surface area contributed by atoms with E-state index in [9.17, 15) is 8.42 Å². The molecule has 2 unspecified atom stereocenters. The lowest BCUT2D eigenvalue weighted by Gasteiger charge is -2.27. The molecule has 0 aliphatic carbocycles. The minimum Gasteiger partial charge on any atom is -0.313 e. The van der Waals surface area contributed by atoms with Gasteiger partial charge in [-0.2, -0.15) is 0 Å². The summed E-state index contributed by atoms with van der Waals surface area (Å²) in [6.07, 6.45) is 2.37. The summed E-state index contributed by atoms with van der Waals surface area (Å²) >= 11 is 6.07. The van der Waals surface area contributed by atoms with Crippen LogP contribution in [0.4, 0.5) is 0 Å². The normalized spacial score (nSPS) is 15.0. The lowest BCUT2D eigenvalue weighted by molar-refractivity contribution is 0.445. The molecule has 0 radical (unpaired) electrons. The van der Waals surface area contributed by atoms with Crippen molar-refractivity contribution in [2.45, 2.75) is 56.2 Å². The third-order valence-corrected chi connectivity index (χ3v) is 6.33. The second kappa shape index (κ2) is 8.01. The van der Waals surface area contributed by atoms with E-state index >= 15 is 0 Å². The van der Waals surface area contributed by atoms with E-state index in [0.29, 0.717) is 11.4 Å². The first kappa shape index (κ1) is 17.5. The van der Waals surface area contributed by atoms with Gasteiger partial charge in [-0.1, -0.05) is 50.9 Å². The molecule has 0 aromatic heterocycles. The van der Waals surface area contributed by atoms with Crippen molar-refractivity contribution in [1.29, 1.82) is 0 Å². The van der Waals surface area contributed by atoms with E-state index in [1.165, 1.54) is 0 Å². The summed E-state index contributed by atoms with van der Waals surface area (Å²) in [7, 11) is -3.42. The van der Waals surface area contributed by atoms with Crippen LogP contribution in [0, 0.1) is 0 Å². The predicted molar refractivity (Wildman–Crippen MR) is 85.1 cm³/mol. The summed E-state index contributed by atoms with van der Waals surface area (Å²) < 4.78 is 25.7. The van der Waals surface area contributed by atoms with Crippen molar-refractivity contribution in [3.05, 3.63) is 29.3 Å². The van der Waals surface area contributed by atoms with Crippen LogP contribution in [0.15, 0.2) is 29.2 Å². The summed E-state index contributed by atoms with van der Waals surface area (Å²) in [6, 6.07) is 6.65. The zero-order valence-electron chi connectivity index (χ0n) is 12.4. The first-order valence-corrected chi connectivity index (χ1v) is 9.13. The van der Waals surface area contributed by atoms with Gasteiger partial charge in [0.25, 0.3) is 0 Å². The Morgan fingerprint density at radius 1 is 1.20 bits per heavy atom. The highest BCUT2D eigenvalue weighted by Crippen LogP contribution is 2.28. The zero-order chi connectivity index (χ0) is 15.2. The number of sulfone groups is 1. The molecule has 3 nitrogen and oxygen atoms in total. The highest BCUT2D eigenvalue weighted by atomic mass is 35.5. The van der Waals surface area contributed by atoms with Gasteiger partial charge in [0.1, 0.15) is 0 Å². The van der Waals surface area contributed by atoms with Crippen LogP contribution in [0.25, 0.3) is 0 Å². The Hall–Kier alpha value is -0.580. The molecule has 1 aromatic carbocycles. The van der Waals surface area contributed by atoms with Gasteiger partial charge in [0.15, 0.2) is 9.84 Å². The van der Waals surface area contributed by atoms with Crippen LogP contribution < -0.4 is 5.32 Å². The molecule has 0 aliphatic heterocycles. The molecule has 0 fully saturated rings. The summed E-state index contributed by atoms with van der Waals surface area (Å²) in [5, 5.41) is 3.17. The average Bonchev–Trinajstić information content (AvgIpc) is 2.40. The average molecular weight is 318 g/mol. The van der Waals surface area contributed by atoms with Gasteiger partial charge >= 0.3 is 0 Å². The van der Waals surface area contributed by atoms with Crippen molar-refractivity contribution >= 4 is 21.4 Å². The van der Waals surface area contributed by atoms with Gasteiger partial charge in [0.05, 0.1) is 15.2 Å². The van der Waals surface area contributed by atoms with Gasteiger partial charge in [-0.3, -0.25) is 0 Å². The standard InChI is InChI=1S/C15H24ClNO2S/c1-4-9-13(17-6-3)14(5-2)20(18,19)15-11-8-7-10-12(15)16/h7-8,10-11,13-14,17H,4-6,9H2,1-3H3. The van der Waals surface area contributed by atoms with E-state index in [4.69, 9.17) is 11.6 Å². The van der Waals surface area contributed by atoms with Crippen molar-refractivity contribution in [2.24, 2.45) is 0 Å². The summed E-state index contributed by atoms with van der Waals surface area (Å²) in [5.41, 5.74) is 0. The predicted octanol–water partition coefficient (Wildman–Crippen LogP) is 3.67. The number of nitrogens with one attached hydrogen (secondary N) is 1. The van der Waals surface area contributed by atoms with Crippen molar-refractivity contribution in [1.82, 2.24) is 5.32 Å². The lowest BCUT2D eigenvalue weighted by Crippen LogP contribution is -2.44. The number of hydrogen-bond donors (Lipinski definition) is 1. The van der Waals surface area contributed by atoms with Crippen molar-refractivity contribution in [3.63, 3.8) is 0 Å². The van der Waals surface area contributed by atoms with Crippen LogP contribution in [0.2, 0.25) is 5.02 Å². The summed E-state index contributed by atoms with van der Waals surface area (Å²) in [5.74, 6) is 0. The van der Waals surface area contributed by atoms with Crippen LogP contribution in [-0.2, 0) is 9.84 Å². The second-order valence-corrected chi connectivity index (χ2v) is 7.42. The van der Waals surface area contributed by atoms with Gasteiger partial charge in [-0.25, -0.2) is 8.42 Å². The molecule has 0 spiro atoms. The molecular formula is C15H24ClNO2S. The van der Waals surface area contributed by atoms with E-state index in [-0.39, 0.29) is 10.9 Å². The van der Waals surface area contributed by atoms with E-state index in [0.717, 1.165) is 19.4 Å². The number of benzene rings is 1. The first-order chi connectivity index (χ1) is 9.48. The minimum absolute atomic E-state index is 0.0312. The van der Waals surface area contributed by atoms with Crippen LogP contribution >= 0.6 is 11.6 Å². The fraction of sp³-hybridized carbons (Fsp3) is 0.600. The fourth-order valence-electron chi connectivity index (χ4n) is 2.55. The Morgan fingerprint density at radius 3 is 2.35 bits per heavy atom. The van der Waals surface area contributed by atoms with Crippen molar-refractivity contribution in [2.75, 3.05) is 6.54 Å². The molecule has 0 saturated heterocycles. The smallest absolute Gasteiger partial charge is 0.184 e. The van der Waals surface area contributed by atoms with Crippen molar-refractivity contribution < 1.29 is 8.42 Å². The van der Waals surface area contributed by atoms with Gasteiger partial charge in [0.2, 0.25) is 0 Å². The molecule has 0 aliphatic rings. The SMILES string of the molecule is CCCC(NCC)C(CC)S(=O)(=O)c1ccccc1Cl. The molecule has 0 amide bonds. The van der Waals surface area contributed by atoms with Crippen molar-refractivity contribution in [3.8, 4) is 0 Å². The zero-order valence-corrected chi connectivity index (χ0v) is 14.0. The van der Waals surface area contributed by atoms with Crippen LogP contribution in [0.3, 0.4) is 0 Å². The van der Waals surface area contributed by atoms with Crippen LogP contribution in [0.5, 0.6) is 0 Å². The maximum Gasteiger partial charge on any atom is 0.184 e. The van der Waals surface area contributed by atoms with E-state index in [2.05, 4.69) is 12.2 Å². The molecule has 5 heteroatoms. The first-order valence-electron chi connectivity index (χ1n) is 7.20. The Labute approximate surface area is 127 Å². The lowest BCUT2D eigenvalue weighted by atomic mass is 10.1. The molecule has 2 atom stereocenters. The maximum atomic E-state index is 12.9. The van der Waals surface area contributed by atoms with Gasteiger partial charge in [0, 0.05) is 6.04 Å². The maximum absolute atomic E-state index is 12.9. The highest BCUT2D eigenvalue weighted by Gasteiger charge is 2.33. The van der Waals surface area contributed by atoms with E-state index < -0.39 is 15.1 Å². The molecule has 1 rings (SSSR count). The summed E-state index contributed by atoms with van der Waals surface area (Å²) in [6.45, 7) is 6.74. The van der Waals surface area contributed by atoms with Crippen LogP contribution in [-0.4, -0.2) is 26.3 Å². The monoisotopic (exact) mass is 317 g/mol. The van der Waals surface area contributed by atoms with E-state index in [1.54, 1.807) is 24.3 Å². The largest absolute Gasteiger partial charge is 0.313 e. The van der Waals surface area contributed by atoms with Gasteiger partial charge in [-0.05, 0) is 31.5 Å². The minimum atomic E-state index is -3.42. The molecule has 1 aromatic rings. The molecule has 0 saturated carbocycles. The number of rotatable bonds is 8. The third kappa shape index (κ3) is 3.96. The molecule has 1 N–H and O–H groups in total. The molecule has 0 heterocycles. The molecule has 0 bridgehead atoms. The quantitative estimate of drug-likeness (QED) is 0.795. The second-order valence-electron chi connectivity index (χ2n) is 4.87. The summed E-state index contributed by atoms with van der Waals surface area (Å²) in [4.78, 5) is 0.243. The number of hydrogen-bond acceptors (Lipinski definition) is 3. The van der Waals surface area contributed by atoms with E-state index in [1.807, 2.05) is 13.8 Å².